The molecule has 7 aromatic rings. The van der Waals surface area contributed by atoms with E-state index in [1.807, 2.05) is 13.8 Å². The van der Waals surface area contributed by atoms with Crippen molar-refractivity contribution in [3.63, 3.8) is 0 Å². The van der Waals surface area contributed by atoms with E-state index in [2.05, 4.69) is 147 Å². The van der Waals surface area contributed by atoms with Crippen LogP contribution in [-0.2, 0) is 32.6 Å². The molecule has 44 heavy (non-hydrogen) atoms. The largest absolute Gasteiger partial charge is 3.00 e. The van der Waals surface area contributed by atoms with Crippen molar-refractivity contribution >= 4 is 68.1 Å². The maximum Gasteiger partial charge on any atom is 3.00 e. The normalized spacial score (nSPS) is 9.45. The number of aryl methyl sites for hydroxylation is 2. The predicted octanol–water partition coefficient (Wildman–Crippen LogP) is 12.4. The molecule has 223 valence electrons. The molecule has 0 fully saturated rings. The average Bonchev–Trinajstić information content (AvgIpc) is 3.61. The van der Waals surface area contributed by atoms with Crippen LogP contribution in [-0.4, -0.2) is 11.0 Å². The first-order valence-corrected chi connectivity index (χ1v) is 14.1. The van der Waals surface area contributed by atoms with Gasteiger partial charge in [-0.25, -0.2) is 0 Å². The van der Waals surface area contributed by atoms with E-state index in [4.69, 9.17) is 0 Å². The molecule has 0 bridgehead atoms. The molecule has 0 N–H and O–H groups in total. The van der Waals surface area contributed by atoms with E-state index < -0.39 is 0 Å². The van der Waals surface area contributed by atoms with Gasteiger partial charge >= 0.3 is 26.2 Å². The summed E-state index contributed by atoms with van der Waals surface area (Å²) >= 11 is 0. The molecule has 0 nitrogen and oxygen atoms in total. The molecule has 0 aromatic heterocycles. The van der Waals surface area contributed by atoms with Crippen molar-refractivity contribution in [1.82, 2.24) is 0 Å². The van der Waals surface area contributed by atoms with Crippen LogP contribution in [0.4, 0.5) is 0 Å². The molecular weight excluding hydrogens is 671 g/mol. The molecule has 0 saturated carbocycles. The van der Waals surface area contributed by atoms with Crippen LogP contribution in [0.15, 0.2) is 133 Å². The van der Waals surface area contributed by atoms with Gasteiger partial charge in [-0.2, -0.15) is 12.1 Å². The summed E-state index contributed by atoms with van der Waals surface area (Å²) in [5, 5.41) is 8.02. The van der Waals surface area contributed by atoms with Gasteiger partial charge in [-0.1, -0.05) is 124 Å². The number of hydrogen-bond acceptors (Lipinski definition) is 0. The molecular formula is C40H41Cl2SiZr. The van der Waals surface area contributed by atoms with Crippen LogP contribution in [0.3, 0.4) is 0 Å². The van der Waals surface area contributed by atoms with E-state index >= 15 is 0 Å². The third-order valence-corrected chi connectivity index (χ3v) is 7.28. The zero-order valence-electron chi connectivity index (χ0n) is 26.2. The fraction of sp³-hybridized carbons (Fsp3) is 0.125. The molecule has 0 saturated heterocycles. The van der Waals surface area contributed by atoms with Crippen molar-refractivity contribution in [2.24, 2.45) is 0 Å². The fourth-order valence-electron chi connectivity index (χ4n) is 5.45. The van der Waals surface area contributed by atoms with Gasteiger partial charge in [0.05, 0.1) is 0 Å². The van der Waals surface area contributed by atoms with Crippen LogP contribution >= 0.6 is 24.8 Å². The topological polar surface area (TPSA) is 0 Å². The van der Waals surface area contributed by atoms with Gasteiger partial charge in [0.1, 0.15) is 0 Å². The van der Waals surface area contributed by atoms with Crippen molar-refractivity contribution in [3.8, 4) is 22.3 Å². The summed E-state index contributed by atoms with van der Waals surface area (Å²) in [6.45, 7) is 8.36. The number of hydrogen-bond donors (Lipinski definition) is 0. The Morgan fingerprint density at radius 1 is 0.545 bits per heavy atom. The Bertz CT molecular complexity index is 1830. The second-order valence-electron chi connectivity index (χ2n) is 9.76. The SMILES string of the molecule is CC.CCc1cc2c(-c3cccc4ccccc34)cccc2[cH-]1.Cc1cc2c(-c3ccccc3)cccc2[cH-]1.Cl.Cl.[CH3-].[Si].[Zr+3]. The van der Waals surface area contributed by atoms with Crippen LogP contribution < -0.4 is 0 Å². The van der Waals surface area contributed by atoms with Crippen LogP contribution in [0, 0.1) is 14.4 Å². The molecule has 0 aliphatic carbocycles. The Kier molecular flexibility index (Phi) is 18.4. The van der Waals surface area contributed by atoms with E-state index in [9.17, 15) is 0 Å². The van der Waals surface area contributed by atoms with Gasteiger partial charge in [0, 0.05) is 11.0 Å². The molecule has 0 amide bonds. The molecule has 0 spiro atoms. The fourth-order valence-corrected chi connectivity index (χ4v) is 5.45. The Morgan fingerprint density at radius 2 is 1.05 bits per heavy atom. The number of benzene rings is 5. The summed E-state index contributed by atoms with van der Waals surface area (Å²) < 4.78 is 0. The molecule has 0 aliphatic heterocycles. The Balaban J connectivity index is 0.000000735. The van der Waals surface area contributed by atoms with E-state index in [1.54, 1.807) is 0 Å². The zero-order valence-corrected chi connectivity index (χ0v) is 31.3. The van der Waals surface area contributed by atoms with E-state index in [-0.39, 0.29) is 69.4 Å². The molecule has 7 aromatic carbocycles. The second kappa shape index (κ2) is 19.6. The van der Waals surface area contributed by atoms with Crippen LogP contribution in [0.5, 0.6) is 0 Å². The van der Waals surface area contributed by atoms with E-state index in [1.165, 1.54) is 65.7 Å². The Hall–Kier alpha value is -2.74. The summed E-state index contributed by atoms with van der Waals surface area (Å²) in [6.07, 6.45) is 1.09. The minimum atomic E-state index is 0. The van der Waals surface area contributed by atoms with Crippen molar-refractivity contribution in [3.05, 3.63) is 152 Å². The monoisotopic (exact) mass is 709 g/mol. The summed E-state index contributed by atoms with van der Waals surface area (Å²) in [7, 11) is 0. The summed E-state index contributed by atoms with van der Waals surface area (Å²) in [5.41, 5.74) is 8.02. The van der Waals surface area contributed by atoms with Gasteiger partial charge in [0.25, 0.3) is 0 Å². The van der Waals surface area contributed by atoms with Crippen LogP contribution in [0.25, 0.3) is 54.6 Å². The third-order valence-electron chi connectivity index (χ3n) is 7.28. The molecule has 4 heteroatoms. The standard InChI is InChI=1S/C21H17.C16H13.C2H6.CH3.2ClH.Si.Zr/c1-2-15-13-17-9-6-12-20(21(17)14-15)19-11-5-8-16-7-3-4-10-18(16)19;1-12-10-14-8-5-9-15(16(14)11-12)13-6-3-2-4-7-13;1-2;;;;;/h3-14H,2H2,1H3;2-11H,1H3;1-2H3;1H3;2*1H;;/q2*-1;;-1;;;;+3. The molecule has 7 rings (SSSR count). The van der Waals surface area contributed by atoms with Gasteiger partial charge in [-0.3, -0.25) is 0 Å². The van der Waals surface area contributed by atoms with Crippen LogP contribution in [0.1, 0.15) is 31.9 Å². The first-order valence-electron chi connectivity index (χ1n) is 14.1. The van der Waals surface area contributed by atoms with Gasteiger partial charge in [0.15, 0.2) is 0 Å². The smallest absolute Gasteiger partial charge is 0.358 e. The first-order chi connectivity index (χ1) is 19.2. The number of fused-ring (bicyclic) bond motifs is 3. The Morgan fingerprint density at radius 3 is 1.70 bits per heavy atom. The summed E-state index contributed by atoms with van der Waals surface area (Å²) in [5.74, 6) is 0. The molecule has 5 radical (unpaired) electrons. The molecule has 0 atom stereocenters. The summed E-state index contributed by atoms with van der Waals surface area (Å²) in [4.78, 5) is 0. The minimum Gasteiger partial charge on any atom is -0.358 e. The van der Waals surface area contributed by atoms with Crippen molar-refractivity contribution in [1.29, 1.82) is 0 Å². The van der Waals surface area contributed by atoms with Gasteiger partial charge in [0.2, 0.25) is 0 Å². The minimum absolute atomic E-state index is 0. The van der Waals surface area contributed by atoms with Gasteiger partial charge in [-0.15, -0.1) is 93.9 Å². The van der Waals surface area contributed by atoms with Crippen molar-refractivity contribution in [2.75, 3.05) is 0 Å². The molecule has 0 heterocycles. The average molecular weight is 712 g/mol. The summed E-state index contributed by atoms with van der Waals surface area (Å²) in [6, 6.07) is 48.0. The van der Waals surface area contributed by atoms with Crippen molar-refractivity contribution in [2.45, 2.75) is 34.1 Å². The third kappa shape index (κ3) is 8.92. The maximum absolute atomic E-state index is 2.34. The second-order valence-corrected chi connectivity index (χ2v) is 9.76. The van der Waals surface area contributed by atoms with E-state index in [0.29, 0.717) is 0 Å². The Labute approximate surface area is 300 Å². The maximum atomic E-state index is 2.34. The first kappa shape index (κ1) is 41.3. The molecule has 0 unspecified atom stereocenters. The van der Waals surface area contributed by atoms with E-state index in [0.717, 1.165) is 6.42 Å². The van der Waals surface area contributed by atoms with Gasteiger partial charge < -0.3 is 7.43 Å². The zero-order chi connectivity index (χ0) is 27.2. The van der Waals surface area contributed by atoms with Gasteiger partial charge in [-0.05, 0) is 28.3 Å². The van der Waals surface area contributed by atoms with Crippen molar-refractivity contribution < 1.29 is 26.2 Å². The van der Waals surface area contributed by atoms with Crippen LogP contribution in [0.2, 0.25) is 0 Å². The number of halogens is 2. The predicted molar refractivity (Wildman–Crippen MR) is 200 cm³/mol. The quantitative estimate of drug-likeness (QED) is 0.126. The molecule has 0 aliphatic rings. The number of rotatable bonds is 3.